The summed E-state index contributed by atoms with van der Waals surface area (Å²) < 4.78 is 5.16. The van der Waals surface area contributed by atoms with Crippen molar-refractivity contribution in [3.05, 3.63) is 36.3 Å². The zero-order valence-electron chi connectivity index (χ0n) is 7.42. The molecule has 1 aromatic rings. The highest BCUT2D eigenvalue weighted by Gasteiger charge is 2.06. The van der Waals surface area contributed by atoms with Crippen molar-refractivity contribution in [3.8, 4) is 0 Å². The quantitative estimate of drug-likeness (QED) is 0.696. The molecule has 66 valence electrons. The van der Waals surface area contributed by atoms with Gasteiger partial charge in [0.15, 0.2) is 0 Å². The minimum absolute atomic E-state index is 0.0837. The van der Waals surface area contributed by atoms with E-state index in [9.17, 15) is 0 Å². The van der Waals surface area contributed by atoms with Gasteiger partial charge in [0, 0.05) is 11.6 Å². The zero-order valence-corrected chi connectivity index (χ0v) is 7.42. The lowest BCUT2D eigenvalue weighted by Gasteiger charge is -2.05. The minimum atomic E-state index is 0.0837. The van der Waals surface area contributed by atoms with Crippen LogP contribution in [0.5, 0.6) is 0 Å². The van der Waals surface area contributed by atoms with Gasteiger partial charge in [-0.15, -0.1) is 6.58 Å². The molecule has 2 nitrogen and oxygen atoms in total. The third-order valence-electron chi connectivity index (χ3n) is 1.86. The van der Waals surface area contributed by atoms with Crippen LogP contribution in [-0.4, -0.2) is 0 Å². The van der Waals surface area contributed by atoms with Gasteiger partial charge in [0.25, 0.3) is 0 Å². The van der Waals surface area contributed by atoms with E-state index in [0.717, 1.165) is 24.2 Å². The molecule has 0 saturated heterocycles. The van der Waals surface area contributed by atoms with Gasteiger partial charge in [0.2, 0.25) is 0 Å². The molecule has 1 atom stereocenters. The van der Waals surface area contributed by atoms with Crippen LogP contribution in [0.15, 0.2) is 29.4 Å². The minimum Gasteiger partial charge on any atom is -0.469 e. The van der Waals surface area contributed by atoms with Crippen LogP contribution in [0.4, 0.5) is 0 Å². The maximum atomic E-state index is 5.89. The maximum Gasteiger partial charge on any atom is 0.101 e. The largest absolute Gasteiger partial charge is 0.469 e. The highest BCUT2D eigenvalue weighted by molar-refractivity contribution is 5.15. The molecule has 0 aliphatic carbocycles. The standard InChI is InChI=1S/C10H15NO/c1-3-4-5-10(11)9-6-8(2)12-7-9/h3,6-7,10H,1,4-5,11H2,2H3. The van der Waals surface area contributed by atoms with Gasteiger partial charge in [-0.25, -0.2) is 0 Å². The number of furan rings is 1. The van der Waals surface area contributed by atoms with E-state index in [1.165, 1.54) is 0 Å². The second-order valence-corrected chi connectivity index (χ2v) is 2.96. The number of allylic oxidation sites excluding steroid dienone is 1. The van der Waals surface area contributed by atoms with Crippen molar-refractivity contribution < 1.29 is 4.42 Å². The van der Waals surface area contributed by atoms with Crippen molar-refractivity contribution in [2.24, 2.45) is 5.73 Å². The van der Waals surface area contributed by atoms with E-state index < -0.39 is 0 Å². The average Bonchev–Trinajstić information content (AvgIpc) is 2.47. The second-order valence-electron chi connectivity index (χ2n) is 2.96. The van der Waals surface area contributed by atoms with Gasteiger partial charge in [-0.3, -0.25) is 0 Å². The third-order valence-corrected chi connectivity index (χ3v) is 1.86. The molecule has 0 amide bonds. The smallest absolute Gasteiger partial charge is 0.101 e. The lowest BCUT2D eigenvalue weighted by Crippen LogP contribution is -2.08. The molecule has 1 unspecified atom stereocenters. The predicted molar refractivity (Wildman–Crippen MR) is 49.8 cm³/mol. The summed E-state index contributed by atoms with van der Waals surface area (Å²) in [5.74, 6) is 0.916. The van der Waals surface area contributed by atoms with E-state index in [4.69, 9.17) is 10.2 Å². The molecule has 0 saturated carbocycles. The molecule has 1 aromatic heterocycles. The predicted octanol–water partition coefficient (Wildman–Crippen LogP) is 2.55. The first-order valence-electron chi connectivity index (χ1n) is 4.15. The molecule has 2 N–H and O–H groups in total. The van der Waals surface area contributed by atoms with Crippen molar-refractivity contribution in [3.63, 3.8) is 0 Å². The van der Waals surface area contributed by atoms with Gasteiger partial charge in [0.05, 0.1) is 6.26 Å². The SMILES string of the molecule is C=CCCC(N)c1coc(C)c1. The molecular formula is C10H15NO. The number of rotatable bonds is 4. The molecule has 1 heterocycles. The molecule has 1 rings (SSSR count). The Kier molecular flexibility index (Phi) is 3.11. The number of hydrogen-bond acceptors (Lipinski definition) is 2. The van der Waals surface area contributed by atoms with Crippen molar-refractivity contribution in [1.29, 1.82) is 0 Å². The molecule has 12 heavy (non-hydrogen) atoms. The molecule has 0 spiro atoms. The van der Waals surface area contributed by atoms with E-state index in [2.05, 4.69) is 6.58 Å². The summed E-state index contributed by atoms with van der Waals surface area (Å²) in [6, 6.07) is 2.06. The topological polar surface area (TPSA) is 39.2 Å². The van der Waals surface area contributed by atoms with Crippen LogP contribution in [0, 0.1) is 6.92 Å². The number of aryl methyl sites for hydroxylation is 1. The summed E-state index contributed by atoms with van der Waals surface area (Å²) in [6.07, 6.45) is 5.49. The lowest BCUT2D eigenvalue weighted by molar-refractivity contribution is 0.526. The summed E-state index contributed by atoms with van der Waals surface area (Å²) in [4.78, 5) is 0. The Hall–Kier alpha value is -1.02. The van der Waals surface area contributed by atoms with Gasteiger partial charge < -0.3 is 10.2 Å². The van der Waals surface area contributed by atoms with E-state index in [0.29, 0.717) is 0 Å². The first kappa shape index (κ1) is 9.07. The van der Waals surface area contributed by atoms with Gasteiger partial charge in [-0.05, 0) is 25.8 Å². The van der Waals surface area contributed by atoms with Crippen LogP contribution in [0.3, 0.4) is 0 Å². The average molecular weight is 165 g/mol. The first-order chi connectivity index (χ1) is 5.74. The maximum absolute atomic E-state index is 5.89. The Bertz CT molecular complexity index is 252. The normalized spacial score (nSPS) is 12.8. The van der Waals surface area contributed by atoms with Crippen molar-refractivity contribution >= 4 is 0 Å². The fraction of sp³-hybridized carbons (Fsp3) is 0.400. The summed E-state index contributed by atoms with van der Waals surface area (Å²) in [7, 11) is 0. The van der Waals surface area contributed by atoms with Gasteiger partial charge in [-0.1, -0.05) is 6.08 Å². The van der Waals surface area contributed by atoms with Gasteiger partial charge >= 0.3 is 0 Å². The Balaban J connectivity index is 2.52. The van der Waals surface area contributed by atoms with E-state index in [1.54, 1.807) is 6.26 Å². The summed E-state index contributed by atoms with van der Waals surface area (Å²) in [5, 5.41) is 0. The molecule has 2 heteroatoms. The van der Waals surface area contributed by atoms with E-state index in [1.807, 2.05) is 19.1 Å². The first-order valence-corrected chi connectivity index (χ1v) is 4.15. The summed E-state index contributed by atoms with van der Waals surface area (Å²) in [6.45, 7) is 5.57. The second kappa shape index (κ2) is 4.12. The molecule has 0 aliphatic heterocycles. The molecular weight excluding hydrogens is 150 g/mol. The highest BCUT2D eigenvalue weighted by atomic mass is 16.3. The third kappa shape index (κ3) is 2.24. The van der Waals surface area contributed by atoms with Crippen LogP contribution in [0.25, 0.3) is 0 Å². The van der Waals surface area contributed by atoms with Crippen LogP contribution in [-0.2, 0) is 0 Å². The van der Waals surface area contributed by atoms with Gasteiger partial charge in [-0.2, -0.15) is 0 Å². The van der Waals surface area contributed by atoms with Crippen molar-refractivity contribution in [2.75, 3.05) is 0 Å². The Labute approximate surface area is 73.1 Å². The number of hydrogen-bond donors (Lipinski definition) is 1. The van der Waals surface area contributed by atoms with Crippen molar-refractivity contribution in [1.82, 2.24) is 0 Å². The molecule has 0 fully saturated rings. The molecule has 0 radical (unpaired) electrons. The lowest BCUT2D eigenvalue weighted by atomic mass is 10.1. The van der Waals surface area contributed by atoms with Crippen LogP contribution < -0.4 is 5.73 Å². The van der Waals surface area contributed by atoms with Gasteiger partial charge in [0.1, 0.15) is 5.76 Å². The fourth-order valence-corrected chi connectivity index (χ4v) is 1.12. The van der Waals surface area contributed by atoms with E-state index in [-0.39, 0.29) is 6.04 Å². The fourth-order valence-electron chi connectivity index (χ4n) is 1.12. The van der Waals surface area contributed by atoms with Crippen LogP contribution >= 0.6 is 0 Å². The molecule has 0 aromatic carbocycles. The Morgan fingerprint density at radius 1 is 1.75 bits per heavy atom. The monoisotopic (exact) mass is 165 g/mol. The van der Waals surface area contributed by atoms with Crippen LogP contribution in [0.1, 0.15) is 30.2 Å². The highest BCUT2D eigenvalue weighted by Crippen LogP contribution is 2.18. The summed E-state index contributed by atoms with van der Waals surface area (Å²) in [5.41, 5.74) is 6.96. The number of nitrogens with two attached hydrogens (primary N) is 1. The van der Waals surface area contributed by atoms with Crippen molar-refractivity contribution in [2.45, 2.75) is 25.8 Å². The summed E-state index contributed by atoms with van der Waals surface area (Å²) >= 11 is 0. The van der Waals surface area contributed by atoms with Crippen LogP contribution in [0.2, 0.25) is 0 Å². The van der Waals surface area contributed by atoms with E-state index >= 15 is 0 Å². The Morgan fingerprint density at radius 2 is 2.50 bits per heavy atom. The molecule has 0 aliphatic rings. The Morgan fingerprint density at radius 3 is 3.00 bits per heavy atom. The molecule has 0 bridgehead atoms. The zero-order chi connectivity index (χ0) is 8.97.